The van der Waals surface area contributed by atoms with Gasteiger partial charge in [-0.3, -0.25) is 4.79 Å². The molecule has 1 aromatic rings. The van der Waals surface area contributed by atoms with E-state index in [9.17, 15) is 4.79 Å². The molecule has 1 aromatic heterocycles. The lowest BCUT2D eigenvalue weighted by atomic mass is 9.98. The van der Waals surface area contributed by atoms with Crippen LogP contribution in [0, 0.1) is 0 Å². The molecule has 0 saturated heterocycles. The smallest absolute Gasteiger partial charge is 0.265 e. The summed E-state index contributed by atoms with van der Waals surface area (Å²) in [5.41, 5.74) is 8.51. The summed E-state index contributed by atoms with van der Waals surface area (Å²) in [5, 5.41) is 0. The second-order valence-electron chi connectivity index (χ2n) is 3.63. The molecular formula is C10H14N2O. The standard InChI is InChI=1S/C10H14N2O/c1-12-8-5-3-2-4-7(8)6-9(12)10(11)13/h6H,2-5H2,1H3,(H2,11,13). The van der Waals surface area contributed by atoms with Gasteiger partial charge in [-0.15, -0.1) is 0 Å². The fourth-order valence-electron chi connectivity index (χ4n) is 2.10. The number of hydrogen-bond donors (Lipinski definition) is 1. The molecule has 1 amide bonds. The molecule has 3 heteroatoms. The summed E-state index contributed by atoms with van der Waals surface area (Å²) in [4.78, 5) is 11.0. The second-order valence-corrected chi connectivity index (χ2v) is 3.63. The van der Waals surface area contributed by atoms with E-state index in [4.69, 9.17) is 5.73 Å². The molecule has 0 saturated carbocycles. The van der Waals surface area contributed by atoms with Gasteiger partial charge < -0.3 is 10.3 Å². The lowest BCUT2D eigenvalue weighted by Crippen LogP contribution is -2.16. The summed E-state index contributed by atoms with van der Waals surface area (Å²) in [6, 6.07) is 1.94. The number of amides is 1. The van der Waals surface area contributed by atoms with Crippen LogP contribution in [0.2, 0.25) is 0 Å². The van der Waals surface area contributed by atoms with Gasteiger partial charge in [0.15, 0.2) is 0 Å². The van der Waals surface area contributed by atoms with Gasteiger partial charge in [0.1, 0.15) is 5.69 Å². The van der Waals surface area contributed by atoms with Crippen LogP contribution in [0.4, 0.5) is 0 Å². The largest absolute Gasteiger partial charge is 0.364 e. The zero-order valence-electron chi connectivity index (χ0n) is 7.84. The number of aromatic nitrogens is 1. The van der Waals surface area contributed by atoms with Crippen LogP contribution < -0.4 is 5.73 Å². The monoisotopic (exact) mass is 178 g/mol. The predicted molar refractivity (Wildman–Crippen MR) is 50.6 cm³/mol. The Balaban J connectivity index is 2.50. The van der Waals surface area contributed by atoms with Crippen LogP contribution in [0.5, 0.6) is 0 Å². The van der Waals surface area contributed by atoms with E-state index in [1.807, 2.05) is 17.7 Å². The highest BCUT2D eigenvalue weighted by Crippen LogP contribution is 2.23. The van der Waals surface area contributed by atoms with E-state index in [0.717, 1.165) is 12.8 Å². The minimum Gasteiger partial charge on any atom is -0.364 e. The molecule has 0 radical (unpaired) electrons. The van der Waals surface area contributed by atoms with E-state index >= 15 is 0 Å². The Morgan fingerprint density at radius 3 is 2.77 bits per heavy atom. The van der Waals surface area contributed by atoms with Crippen LogP contribution in [-0.4, -0.2) is 10.5 Å². The first-order valence-corrected chi connectivity index (χ1v) is 4.67. The van der Waals surface area contributed by atoms with Crippen molar-refractivity contribution < 1.29 is 4.79 Å². The quantitative estimate of drug-likeness (QED) is 0.685. The van der Waals surface area contributed by atoms with E-state index in [2.05, 4.69) is 0 Å². The highest BCUT2D eigenvalue weighted by molar-refractivity contribution is 5.91. The van der Waals surface area contributed by atoms with Gasteiger partial charge >= 0.3 is 0 Å². The van der Waals surface area contributed by atoms with E-state index in [1.165, 1.54) is 24.1 Å². The van der Waals surface area contributed by atoms with Gasteiger partial charge in [0, 0.05) is 12.7 Å². The topological polar surface area (TPSA) is 48.0 Å². The van der Waals surface area contributed by atoms with Crippen molar-refractivity contribution in [2.45, 2.75) is 25.7 Å². The number of rotatable bonds is 1. The van der Waals surface area contributed by atoms with Crippen molar-refractivity contribution >= 4 is 5.91 Å². The third kappa shape index (κ3) is 1.24. The van der Waals surface area contributed by atoms with E-state index in [1.54, 1.807) is 0 Å². The van der Waals surface area contributed by atoms with Crippen LogP contribution in [0.25, 0.3) is 0 Å². The number of carbonyl (C=O) groups is 1. The molecule has 0 bridgehead atoms. The van der Waals surface area contributed by atoms with Gasteiger partial charge in [0.25, 0.3) is 5.91 Å². The number of nitrogens with two attached hydrogens (primary N) is 1. The summed E-state index contributed by atoms with van der Waals surface area (Å²) in [6.07, 6.45) is 4.63. The average Bonchev–Trinajstić information content (AvgIpc) is 2.45. The first-order chi connectivity index (χ1) is 6.20. The molecule has 13 heavy (non-hydrogen) atoms. The number of nitrogens with zero attached hydrogens (tertiary/aromatic N) is 1. The summed E-state index contributed by atoms with van der Waals surface area (Å²) >= 11 is 0. The minimum atomic E-state index is -0.322. The van der Waals surface area contributed by atoms with Gasteiger partial charge in [-0.2, -0.15) is 0 Å². The van der Waals surface area contributed by atoms with Crippen molar-refractivity contribution in [1.29, 1.82) is 0 Å². The normalized spacial score (nSPS) is 15.5. The van der Waals surface area contributed by atoms with Crippen LogP contribution in [0.15, 0.2) is 6.07 Å². The highest BCUT2D eigenvalue weighted by atomic mass is 16.1. The maximum atomic E-state index is 11.0. The van der Waals surface area contributed by atoms with Gasteiger partial charge in [0.2, 0.25) is 0 Å². The molecule has 0 fully saturated rings. The molecule has 1 aliphatic carbocycles. The van der Waals surface area contributed by atoms with Crippen molar-refractivity contribution in [1.82, 2.24) is 4.57 Å². The first-order valence-electron chi connectivity index (χ1n) is 4.67. The second kappa shape index (κ2) is 2.91. The number of primary amides is 1. The van der Waals surface area contributed by atoms with Crippen LogP contribution in [-0.2, 0) is 19.9 Å². The Hall–Kier alpha value is -1.25. The van der Waals surface area contributed by atoms with Crippen molar-refractivity contribution in [3.05, 3.63) is 23.0 Å². The Bertz CT molecular complexity index is 352. The van der Waals surface area contributed by atoms with Crippen molar-refractivity contribution in [2.24, 2.45) is 12.8 Å². The summed E-state index contributed by atoms with van der Waals surface area (Å²) in [6.45, 7) is 0. The Morgan fingerprint density at radius 1 is 1.46 bits per heavy atom. The fraction of sp³-hybridized carbons (Fsp3) is 0.500. The third-order valence-corrected chi connectivity index (χ3v) is 2.81. The van der Waals surface area contributed by atoms with E-state index < -0.39 is 0 Å². The van der Waals surface area contributed by atoms with Crippen molar-refractivity contribution in [3.8, 4) is 0 Å². The van der Waals surface area contributed by atoms with Gasteiger partial charge in [-0.05, 0) is 37.3 Å². The lowest BCUT2D eigenvalue weighted by molar-refractivity contribution is 0.0992. The van der Waals surface area contributed by atoms with Crippen molar-refractivity contribution in [2.75, 3.05) is 0 Å². The maximum Gasteiger partial charge on any atom is 0.265 e. The van der Waals surface area contributed by atoms with Crippen LogP contribution in [0.3, 0.4) is 0 Å². The molecule has 0 spiro atoms. The molecular weight excluding hydrogens is 164 g/mol. The molecule has 0 aromatic carbocycles. The molecule has 2 rings (SSSR count). The molecule has 2 N–H and O–H groups in total. The molecule has 1 aliphatic rings. The van der Waals surface area contributed by atoms with Crippen LogP contribution in [0.1, 0.15) is 34.6 Å². The van der Waals surface area contributed by atoms with Gasteiger partial charge in [0.05, 0.1) is 0 Å². The van der Waals surface area contributed by atoms with Gasteiger partial charge in [-0.25, -0.2) is 0 Å². The van der Waals surface area contributed by atoms with Crippen LogP contribution >= 0.6 is 0 Å². The number of fused-ring (bicyclic) bond motifs is 1. The number of carbonyl (C=O) groups excluding carboxylic acids is 1. The number of hydrogen-bond acceptors (Lipinski definition) is 1. The first kappa shape index (κ1) is 8.35. The zero-order valence-corrected chi connectivity index (χ0v) is 7.84. The Kier molecular flexibility index (Phi) is 1.87. The molecule has 3 nitrogen and oxygen atoms in total. The molecule has 70 valence electrons. The van der Waals surface area contributed by atoms with E-state index in [-0.39, 0.29) is 5.91 Å². The molecule has 0 unspecified atom stereocenters. The molecule has 1 heterocycles. The lowest BCUT2D eigenvalue weighted by Gasteiger charge is -2.12. The SMILES string of the molecule is Cn1c(C(N)=O)cc2c1CCCC2. The Morgan fingerprint density at radius 2 is 2.15 bits per heavy atom. The molecule has 0 aliphatic heterocycles. The number of aryl methyl sites for hydroxylation is 1. The Labute approximate surface area is 77.5 Å². The van der Waals surface area contributed by atoms with E-state index in [0.29, 0.717) is 5.69 Å². The molecule has 0 atom stereocenters. The van der Waals surface area contributed by atoms with Crippen molar-refractivity contribution in [3.63, 3.8) is 0 Å². The fourth-order valence-corrected chi connectivity index (χ4v) is 2.10. The summed E-state index contributed by atoms with van der Waals surface area (Å²) < 4.78 is 1.94. The minimum absolute atomic E-state index is 0.322. The maximum absolute atomic E-state index is 11.0. The average molecular weight is 178 g/mol. The summed E-state index contributed by atoms with van der Waals surface area (Å²) in [7, 11) is 1.92. The highest BCUT2D eigenvalue weighted by Gasteiger charge is 2.17. The summed E-state index contributed by atoms with van der Waals surface area (Å²) in [5.74, 6) is -0.322. The third-order valence-electron chi connectivity index (χ3n) is 2.81. The predicted octanol–water partition coefficient (Wildman–Crippen LogP) is 1.00. The van der Waals surface area contributed by atoms with Gasteiger partial charge in [-0.1, -0.05) is 0 Å². The zero-order chi connectivity index (χ0) is 9.42.